The van der Waals surface area contributed by atoms with Gasteiger partial charge in [-0.1, -0.05) is 23.5 Å². The normalized spacial score (nSPS) is 15.6. The lowest BCUT2D eigenvalue weighted by Gasteiger charge is -2.25. The summed E-state index contributed by atoms with van der Waals surface area (Å²) in [6.07, 6.45) is 0.376. The number of aryl methyl sites for hydroxylation is 2. The van der Waals surface area contributed by atoms with Gasteiger partial charge in [0.05, 0.1) is 29.1 Å². The highest BCUT2D eigenvalue weighted by Crippen LogP contribution is 2.43. The van der Waals surface area contributed by atoms with Gasteiger partial charge in [-0.25, -0.2) is 4.98 Å². The first-order valence-electron chi connectivity index (χ1n) is 11.0. The molecule has 0 spiro atoms. The Morgan fingerprint density at radius 3 is 2.73 bits per heavy atom. The van der Waals surface area contributed by atoms with Crippen LogP contribution in [0.5, 0.6) is 11.5 Å². The Morgan fingerprint density at radius 2 is 1.97 bits per heavy atom. The van der Waals surface area contributed by atoms with Gasteiger partial charge in [-0.15, -0.1) is 0 Å². The quantitative estimate of drug-likeness (QED) is 0.431. The van der Waals surface area contributed by atoms with Gasteiger partial charge >= 0.3 is 0 Å². The number of carbonyl (C=O) groups excluding carboxylic acids is 1. The van der Waals surface area contributed by atoms with Gasteiger partial charge in [-0.2, -0.15) is 9.78 Å². The van der Waals surface area contributed by atoms with Gasteiger partial charge in [0.2, 0.25) is 11.0 Å². The van der Waals surface area contributed by atoms with E-state index in [0.717, 1.165) is 32.2 Å². The van der Waals surface area contributed by atoms with E-state index in [-0.39, 0.29) is 17.9 Å². The van der Waals surface area contributed by atoms with Crippen molar-refractivity contribution in [3.8, 4) is 16.6 Å². The second-order valence-electron chi connectivity index (χ2n) is 8.61. The van der Waals surface area contributed by atoms with Gasteiger partial charge in [-0.05, 0) is 63.1 Å². The van der Waals surface area contributed by atoms with Crippen molar-refractivity contribution in [2.45, 2.75) is 46.1 Å². The van der Waals surface area contributed by atoms with Crippen LogP contribution in [0.25, 0.3) is 15.3 Å². The topological polar surface area (TPSA) is 78.3 Å². The van der Waals surface area contributed by atoms with E-state index in [1.54, 1.807) is 23.1 Å². The lowest BCUT2D eigenvalue weighted by atomic mass is 9.85. The van der Waals surface area contributed by atoms with Crippen molar-refractivity contribution in [1.29, 1.82) is 0 Å². The number of rotatable bonds is 5. The molecule has 0 saturated carbocycles. The lowest BCUT2D eigenvalue weighted by Crippen LogP contribution is -2.25. The van der Waals surface area contributed by atoms with Crippen molar-refractivity contribution < 1.29 is 14.3 Å². The molecule has 0 fully saturated rings. The van der Waals surface area contributed by atoms with E-state index >= 15 is 0 Å². The molecule has 1 atom stereocenters. The van der Waals surface area contributed by atoms with Gasteiger partial charge < -0.3 is 14.8 Å². The molecule has 0 unspecified atom stereocenters. The summed E-state index contributed by atoms with van der Waals surface area (Å²) in [5, 5.41) is 8.56. The summed E-state index contributed by atoms with van der Waals surface area (Å²) in [5.74, 6) is 1.84. The number of hydrogen-bond donors (Lipinski definition) is 1. The summed E-state index contributed by atoms with van der Waals surface area (Å²) in [6.45, 7) is 8.00. The number of nitrogens with one attached hydrogen (secondary N) is 1. The van der Waals surface area contributed by atoms with Gasteiger partial charge in [0.1, 0.15) is 5.82 Å². The predicted molar refractivity (Wildman–Crippen MR) is 130 cm³/mol. The molecular weight excluding hydrogens is 436 g/mol. The maximum Gasteiger partial charge on any atom is 0.226 e. The first-order valence-corrected chi connectivity index (χ1v) is 11.8. The van der Waals surface area contributed by atoms with E-state index in [2.05, 4.69) is 18.3 Å². The Labute approximate surface area is 196 Å². The number of nitrogens with zero attached hydrogens (tertiary/aromatic N) is 3. The Bertz CT molecular complexity index is 1370. The zero-order valence-electron chi connectivity index (χ0n) is 19.3. The Hall–Kier alpha value is -3.39. The van der Waals surface area contributed by atoms with E-state index in [1.807, 2.05) is 51.1 Å². The van der Waals surface area contributed by atoms with Gasteiger partial charge in [0.25, 0.3) is 0 Å². The second kappa shape index (κ2) is 8.19. The molecule has 1 aliphatic heterocycles. The van der Waals surface area contributed by atoms with E-state index < -0.39 is 0 Å². The van der Waals surface area contributed by atoms with E-state index in [1.165, 1.54) is 5.56 Å². The van der Waals surface area contributed by atoms with Crippen molar-refractivity contribution in [3.63, 3.8) is 0 Å². The minimum Gasteiger partial charge on any atom is -0.493 e. The predicted octanol–water partition coefficient (Wildman–Crippen LogP) is 5.37. The van der Waals surface area contributed by atoms with Gasteiger partial charge in [-0.3, -0.25) is 4.79 Å². The fraction of sp³-hybridized carbons (Fsp3) is 0.320. The smallest absolute Gasteiger partial charge is 0.226 e. The average Bonchev–Trinajstić information content (AvgIpc) is 3.33. The molecule has 1 amide bonds. The molecule has 5 rings (SSSR count). The first-order chi connectivity index (χ1) is 15.8. The largest absolute Gasteiger partial charge is 0.493 e. The average molecular weight is 463 g/mol. The van der Waals surface area contributed by atoms with Crippen LogP contribution >= 0.6 is 11.3 Å². The van der Waals surface area contributed by atoms with Crippen LogP contribution in [-0.4, -0.2) is 33.9 Å². The number of fused-ring (bicyclic) bond motifs is 2. The Morgan fingerprint density at radius 1 is 1.15 bits per heavy atom. The van der Waals surface area contributed by atoms with Gasteiger partial charge in [0.15, 0.2) is 11.5 Å². The highest BCUT2D eigenvalue weighted by molar-refractivity contribution is 7.20. The Kier molecular flexibility index (Phi) is 5.32. The zero-order chi connectivity index (χ0) is 23.3. The van der Waals surface area contributed by atoms with Crippen molar-refractivity contribution in [3.05, 3.63) is 58.8 Å². The third-order valence-electron chi connectivity index (χ3n) is 5.77. The molecule has 0 saturated heterocycles. The molecule has 33 heavy (non-hydrogen) atoms. The molecule has 0 aliphatic carbocycles. The molecule has 7 nitrogen and oxygen atoms in total. The third-order valence-corrected chi connectivity index (χ3v) is 6.76. The number of thiazole rings is 1. The number of methoxy groups -OCH3 is 1. The molecule has 3 heterocycles. The molecule has 170 valence electrons. The van der Waals surface area contributed by atoms with Crippen LogP contribution in [0.3, 0.4) is 0 Å². The van der Waals surface area contributed by atoms with Crippen molar-refractivity contribution in [2.75, 3.05) is 12.4 Å². The van der Waals surface area contributed by atoms with Crippen LogP contribution in [0.15, 0.2) is 36.4 Å². The molecule has 2 aromatic carbocycles. The number of carbonyl (C=O) groups is 1. The van der Waals surface area contributed by atoms with E-state index in [4.69, 9.17) is 19.6 Å². The summed E-state index contributed by atoms with van der Waals surface area (Å²) < 4.78 is 14.3. The van der Waals surface area contributed by atoms with Crippen molar-refractivity contribution >= 4 is 33.3 Å². The summed E-state index contributed by atoms with van der Waals surface area (Å²) in [6, 6.07) is 12.1. The number of ether oxygens (including phenoxy) is 2. The highest BCUT2D eigenvalue weighted by atomic mass is 32.1. The molecule has 1 N–H and O–H groups in total. The van der Waals surface area contributed by atoms with Crippen LogP contribution < -0.4 is 14.8 Å². The summed E-state index contributed by atoms with van der Waals surface area (Å²) in [4.78, 5) is 17.5. The fourth-order valence-corrected chi connectivity index (χ4v) is 5.36. The van der Waals surface area contributed by atoms with E-state index in [0.29, 0.717) is 23.7 Å². The number of hydrogen-bond acceptors (Lipinski definition) is 6. The maximum absolute atomic E-state index is 12.8. The first kappa shape index (κ1) is 21.5. The number of amides is 1. The summed E-state index contributed by atoms with van der Waals surface area (Å²) >= 11 is 1.56. The second-order valence-corrected chi connectivity index (χ2v) is 9.62. The fourth-order valence-electron chi connectivity index (χ4n) is 4.33. The van der Waals surface area contributed by atoms with Gasteiger partial charge in [0, 0.05) is 17.9 Å². The molecule has 0 radical (unpaired) electrons. The monoisotopic (exact) mass is 462 g/mol. The summed E-state index contributed by atoms with van der Waals surface area (Å²) in [7, 11) is 1.63. The third kappa shape index (κ3) is 3.84. The molecule has 8 heteroatoms. The number of anilines is 1. The van der Waals surface area contributed by atoms with Crippen LogP contribution in [0.1, 0.15) is 48.6 Å². The zero-order valence-corrected chi connectivity index (χ0v) is 20.1. The van der Waals surface area contributed by atoms with Crippen LogP contribution in [0.2, 0.25) is 0 Å². The van der Waals surface area contributed by atoms with Crippen LogP contribution in [-0.2, 0) is 4.79 Å². The standard InChI is InChI=1S/C25H26N4O3S/c1-13(2)32-19-9-7-16(11-20(19)31-5)17-12-22(30)27-24-23(17)15(4)28-29(24)25-26-18-8-6-14(3)10-21(18)33-25/h6-11,13,17H,12H2,1-5H3,(H,27,30)/t17-/m1/s1. The minimum absolute atomic E-state index is 0.0369. The molecular formula is C25H26N4O3S. The molecule has 0 bridgehead atoms. The lowest BCUT2D eigenvalue weighted by molar-refractivity contribution is -0.116. The maximum atomic E-state index is 12.8. The van der Waals surface area contributed by atoms with Crippen molar-refractivity contribution in [1.82, 2.24) is 14.8 Å². The number of benzene rings is 2. The highest BCUT2D eigenvalue weighted by Gasteiger charge is 2.33. The molecule has 4 aromatic rings. The van der Waals surface area contributed by atoms with E-state index in [9.17, 15) is 4.79 Å². The van der Waals surface area contributed by atoms with Crippen LogP contribution in [0, 0.1) is 13.8 Å². The number of aromatic nitrogens is 3. The SMILES string of the molecule is COc1cc([C@H]2CC(=O)Nc3c2c(C)nn3-c2nc3ccc(C)cc3s2)ccc1OC(C)C. The minimum atomic E-state index is -0.138. The van der Waals surface area contributed by atoms with Crippen LogP contribution in [0.4, 0.5) is 5.82 Å². The molecule has 2 aromatic heterocycles. The summed E-state index contributed by atoms with van der Waals surface area (Å²) in [5.41, 5.74) is 4.97. The Balaban J connectivity index is 1.60. The van der Waals surface area contributed by atoms with Crippen molar-refractivity contribution in [2.24, 2.45) is 0 Å². The molecule has 1 aliphatic rings.